The molecule has 2 aromatic rings. The molecule has 1 aromatic heterocycles. The first-order chi connectivity index (χ1) is 5.92. The van der Waals surface area contributed by atoms with E-state index in [9.17, 15) is 0 Å². The third-order valence-electron chi connectivity index (χ3n) is 2.10. The minimum Gasteiger partial charge on any atom is -0.361 e. The van der Waals surface area contributed by atoms with Crippen molar-refractivity contribution in [2.45, 2.75) is 6.54 Å². The number of hydrogen-bond donors (Lipinski definition) is 2. The number of benzene rings is 1. The summed E-state index contributed by atoms with van der Waals surface area (Å²) in [4.78, 5) is 3.25. The highest BCUT2D eigenvalue weighted by atomic mass is 14.8. The van der Waals surface area contributed by atoms with Crippen LogP contribution in [0.5, 0.6) is 0 Å². The summed E-state index contributed by atoms with van der Waals surface area (Å²) in [5.74, 6) is 0. The predicted molar refractivity (Wildman–Crippen MR) is 49.9 cm³/mol. The highest BCUT2D eigenvalue weighted by Crippen LogP contribution is 2.15. The van der Waals surface area contributed by atoms with E-state index in [1.54, 1.807) is 0 Å². The van der Waals surface area contributed by atoms with E-state index >= 15 is 0 Å². The molecule has 0 bridgehead atoms. The van der Waals surface area contributed by atoms with E-state index in [4.69, 9.17) is 0 Å². The molecule has 0 saturated heterocycles. The Bertz CT molecular complexity index is 376. The van der Waals surface area contributed by atoms with Crippen molar-refractivity contribution in [1.29, 1.82) is 0 Å². The smallest absolute Gasteiger partial charge is 0.103 e. The first-order valence-electron chi connectivity index (χ1n) is 4.24. The molecule has 1 heterocycles. The van der Waals surface area contributed by atoms with Crippen LogP contribution in [0.15, 0.2) is 30.5 Å². The standard InChI is InChI=1S/C10H12N2/c1-11-6-8-7-12-10-5-3-2-4-9(8)10/h2-5,7,11-12H,6H2,1H3/p+1. The highest BCUT2D eigenvalue weighted by molar-refractivity contribution is 5.82. The Morgan fingerprint density at radius 2 is 2.17 bits per heavy atom. The quantitative estimate of drug-likeness (QED) is 0.655. The molecule has 1 aromatic carbocycles. The topological polar surface area (TPSA) is 32.4 Å². The van der Waals surface area contributed by atoms with Gasteiger partial charge in [0, 0.05) is 22.7 Å². The van der Waals surface area contributed by atoms with Crippen LogP contribution in [0.4, 0.5) is 0 Å². The van der Waals surface area contributed by atoms with Gasteiger partial charge in [-0.3, -0.25) is 0 Å². The number of H-pyrrole nitrogens is 1. The largest absolute Gasteiger partial charge is 0.361 e. The number of para-hydroxylation sites is 1. The van der Waals surface area contributed by atoms with Gasteiger partial charge >= 0.3 is 0 Å². The second-order valence-electron chi connectivity index (χ2n) is 2.97. The second kappa shape index (κ2) is 2.99. The third-order valence-corrected chi connectivity index (χ3v) is 2.10. The number of rotatable bonds is 2. The Kier molecular flexibility index (Phi) is 1.84. The fourth-order valence-electron chi connectivity index (χ4n) is 1.52. The van der Waals surface area contributed by atoms with Crippen molar-refractivity contribution in [3.8, 4) is 0 Å². The van der Waals surface area contributed by atoms with Crippen LogP contribution in [0, 0.1) is 0 Å². The minimum atomic E-state index is 1.05. The molecule has 0 atom stereocenters. The van der Waals surface area contributed by atoms with Gasteiger partial charge in [-0.2, -0.15) is 0 Å². The summed E-state index contributed by atoms with van der Waals surface area (Å²) in [5, 5.41) is 3.52. The average Bonchev–Trinajstić information content (AvgIpc) is 2.50. The van der Waals surface area contributed by atoms with Crippen molar-refractivity contribution < 1.29 is 5.32 Å². The maximum absolute atomic E-state index is 3.25. The molecular weight excluding hydrogens is 148 g/mol. The van der Waals surface area contributed by atoms with E-state index in [1.807, 2.05) is 0 Å². The number of aromatic amines is 1. The molecule has 0 aliphatic carbocycles. The van der Waals surface area contributed by atoms with Crippen molar-refractivity contribution in [3.05, 3.63) is 36.0 Å². The van der Waals surface area contributed by atoms with E-state index in [0.29, 0.717) is 0 Å². The summed E-state index contributed by atoms with van der Waals surface area (Å²) in [6.07, 6.45) is 2.09. The monoisotopic (exact) mass is 161 g/mol. The maximum atomic E-state index is 3.25. The van der Waals surface area contributed by atoms with Crippen LogP contribution < -0.4 is 5.32 Å². The first-order valence-corrected chi connectivity index (χ1v) is 4.24. The molecule has 2 nitrogen and oxygen atoms in total. The summed E-state index contributed by atoms with van der Waals surface area (Å²) < 4.78 is 0. The van der Waals surface area contributed by atoms with Gasteiger partial charge in [-0.05, 0) is 6.07 Å². The molecule has 0 amide bonds. The van der Waals surface area contributed by atoms with Crippen molar-refractivity contribution in [1.82, 2.24) is 4.98 Å². The fourth-order valence-corrected chi connectivity index (χ4v) is 1.52. The maximum Gasteiger partial charge on any atom is 0.103 e. The van der Waals surface area contributed by atoms with Gasteiger partial charge in [-0.15, -0.1) is 0 Å². The first kappa shape index (κ1) is 7.37. The second-order valence-corrected chi connectivity index (χ2v) is 2.97. The molecule has 0 fully saturated rings. The highest BCUT2D eigenvalue weighted by Gasteiger charge is 2.01. The molecule has 0 spiro atoms. The van der Waals surface area contributed by atoms with Gasteiger partial charge in [0.1, 0.15) is 6.54 Å². The zero-order chi connectivity index (χ0) is 8.39. The Labute approximate surface area is 71.6 Å². The summed E-state index contributed by atoms with van der Waals surface area (Å²) in [7, 11) is 2.09. The van der Waals surface area contributed by atoms with Crippen LogP contribution in [0.25, 0.3) is 10.9 Å². The molecule has 12 heavy (non-hydrogen) atoms. The van der Waals surface area contributed by atoms with Crippen LogP contribution in [0.2, 0.25) is 0 Å². The Balaban J connectivity index is 2.55. The van der Waals surface area contributed by atoms with Crippen LogP contribution >= 0.6 is 0 Å². The molecule has 0 aliphatic rings. The van der Waals surface area contributed by atoms with Crippen molar-refractivity contribution >= 4 is 10.9 Å². The molecule has 2 rings (SSSR count). The Morgan fingerprint density at radius 3 is 3.00 bits per heavy atom. The normalized spacial score (nSPS) is 10.8. The number of quaternary nitrogens is 1. The van der Waals surface area contributed by atoms with Gasteiger partial charge in [-0.1, -0.05) is 18.2 Å². The van der Waals surface area contributed by atoms with E-state index in [0.717, 1.165) is 6.54 Å². The molecule has 0 saturated carbocycles. The minimum absolute atomic E-state index is 1.05. The molecule has 0 unspecified atom stereocenters. The lowest BCUT2D eigenvalue weighted by molar-refractivity contribution is -0.643. The van der Waals surface area contributed by atoms with E-state index in [1.165, 1.54) is 16.5 Å². The zero-order valence-electron chi connectivity index (χ0n) is 7.17. The van der Waals surface area contributed by atoms with E-state index in [-0.39, 0.29) is 0 Å². The lowest BCUT2D eigenvalue weighted by atomic mass is 10.2. The SMILES string of the molecule is C[NH2+]Cc1c[nH]c2ccccc12. The third kappa shape index (κ3) is 1.10. The average molecular weight is 161 g/mol. The number of aromatic nitrogens is 1. The number of nitrogens with two attached hydrogens (primary N) is 1. The molecule has 0 radical (unpaired) electrons. The predicted octanol–water partition coefficient (Wildman–Crippen LogP) is 0.861. The van der Waals surface area contributed by atoms with Crippen LogP contribution in [-0.4, -0.2) is 12.0 Å². The molecule has 2 heteroatoms. The summed E-state index contributed by atoms with van der Waals surface area (Å²) in [6.45, 7) is 1.05. The van der Waals surface area contributed by atoms with Gasteiger partial charge in [-0.25, -0.2) is 0 Å². The van der Waals surface area contributed by atoms with Gasteiger partial charge in [0.05, 0.1) is 7.05 Å². The van der Waals surface area contributed by atoms with Crippen LogP contribution in [-0.2, 0) is 6.54 Å². The van der Waals surface area contributed by atoms with E-state index < -0.39 is 0 Å². The summed E-state index contributed by atoms with van der Waals surface area (Å²) in [6, 6.07) is 8.40. The molecular formula is C10H13N2+. The van der Waals surface area contributed by atoms with Crippen molar-refractivity contribution in [2.75, 3.05) is 7.05 Å². The Morgan fingerprint density at radius 1 is 1.33 bits per heavy atom. The van der Waals surface area contributed by atoms with Crippen LogP contribution in [0.1, 0.15) is 5.56 Å². The van der Waals surface area contributed by atoms with Gasteiger partial charge < -0.3 is 10.3 Å². The van der Waals surface area contributed by atoms with E-state index in [2.05, 4.69) is 47.8 Å². The fraction of sp³-hybridized carbons (Fsp3) is 0.200. The Hall–Kier alpha value is -1.28. The van der Waals surface area contributed by atoms with Gasteiger partial charge in [0.25, 0.3) is 0 Å². The van der Waals surface area contributed by atoms with Gasteiger partial charge in [0.15, 0.2) is 0 Å². The summed E-state index contributed by atoms with van der Waals surface area (Å²) in [5.41, 5.74) is 2.61. The lowest BCUT2D eigenvalue weighted by Gasteiger charge is -1.93. The van der Waals surface area contributed by atoms with Crippen molar-refractivity contribution in [3.63, 3.8) is 0 Å². The van der Waals surface area contributed by atoms with Crippen LogP contribution in [0.3, 0.4) is 0 Å². The molecule has 0 aliphatic heterocycles. The molecule has 3 N–H and O–H groups in total. The van der Waals surface area contributed by atoms with Gasteiger partial charge in [0.2, 0.25) is 0 Å². The number of fused-ring (bicyclic) bond motifs is 1. The summed E-state index contributed by atoms with van der Waals surface area (Å²) >= 11 is 0. The van der Waals surface area contributed by atoms with Crippen molar-refractivity contribution in [2.24, 2.45) is 0 Å². The number of hydrogen-bond acceptors (Lipinski definition) is 0. The number of nitrogens with one attached hydrogen (secondary N) is 1. The lowest BCUT2D eigenvalue weighted by Crippen LogP contribution is -2.77. The zero-order valence-corrected chi connectivity index (χ0v) is 7.17. The molecule has 62 valence electrons.